The summed E-state index contributed by atoms with van der Waals surface area (Å²) < 4.78 is 7.28. The number of methoxy groups -OCH3 is 1. The Balaban J connectivity index is 1.67. The normalized spacial score (nSPS) is 15.9. The molecule has 0 amide bonds. The molecule has 160 valence electrons. The molecule has 0 aliphatic carbocycles. The molecule has 1 fully saturated rings. The molecule has 0 atom stereocenters. The van der Waals surface area contributed by atoms with Gasteiger partial charge in [0.15, 0.2) is 0 Å². The lowest BCUT2D eigenvalue weighted by molar-refractivity contribution is 0.103. The van der Waals surface area contributed by atoms with Gasteiger partial charge < -0.3 is 9.30 Å². The highest BCUT2D eigenvalue weighted by molar-refractivity contribution is 6.32. The standard InChI is InChI=1S/C22H28ClN5O2/c1-14(2)28-7-5-27(6-8-28)13-18-19(23)9-15(10-20(18)30-4)17-12-26(3)22(29)21-16(17)11-24-25-21/h9-12,14H,5-8,13H2,1-4H3,(H,24,25). The van der Waals surface area contributed by atoms with E-state index >= 15 is 0 Å². The molecule has 1 aliphatic rings. The van der Waals surface area contributed by atoms with Gasteiger partial charge in [-0.1, -0.05) is 11.6 Å². The van der Waals surface area contributed by atoms with Crippen LogP contribution in [0.2, 0.25) is 5.02 Å². The van der Waals surface area contributed by atoms with Gasteiger partial charge in [0.25, 0.3) is 5.56 Å². The molecule has 0 bridgehead atoms. The average Bonchev–Trinajstić information content (AvgIpc) is 3.22. The molecular formula is C22H28ClN5O2. The number of aryl methyl sites for hydroxylation is 1. The molecule has 0 radical (unpaired) electrons. The van der Waals surface area contributed by atoms with Crippen LogP contribution >= 0.6 is 11.6 Å². The molecule has 0 unspecified atom stereocenters. The van der Waals surface area contributed by atoms with Crippen molar-refractivity contribution in [2.75, 3.05) is 33.3 Å². The molecule has 1 saturated heterocycles. The fraction of sp³-hybridized carbons (Fsp3) is 0.455. The van der Waals surface area contributed by atoms with Crippen molar-refractivity contribution >= 4 is 22.5 Å². The van der Waals surface area contributed by atoms with Crippen molar-refractivity contribution < 1.29 is 4.74 Å². The van der Waals surface area contributed by atoms with Gasteiger partial charge in [-0.3, -0.25) is 19.7 Å². The number of nitrogens with one attached hydrogen (secondary N) is 1. The van der Waals surface area contributed by atoms with Crippen LogP contribution in [0.5, 0.6) is 5.75 Å². The van der Waals surface area contributed by atoms with Gasteiger partial charge in [-0.2, -0.15) is 5.10 Å². The number of hydrogen-bond donors (Lipinski definition) is 1. The van der Waals surface area contributed by atoms with E-state index in [0.29, 0.717) is 16.6 Å². The van der Waals surface area contributed by atoms with Gasteiger partial charge in [0.2, 0.25) is 0 Å². The number of pyridine rings is 1. The highest BCUT2D eigenvalue weighted by atomic mass is 35.5. The average molecular weight is 430 g/mol. The van der Waals surface area contributed by atoms with Gasteiger partial charge in [-0.15, -0.1) is 0 Å². The van der Waals surface area contributed by atoms with E-state index in [2.05, 4.69) is 33.8 Å². The summed E-state index contributed by atoms with van der Waals surface area (Å²) in [5.74, 6) is 0.759. The van der Waals surface area contributed by atoms with Crippen LogP contribution in [0.15, 0.2) is 29.3 Å². The summed E-state index contributed by atoms with van der Waals surface area (Å²) in [6.07, 6.45) is 3.49. The summed E-state index contributed by atoms with van der Waals surface area (Å²) in [4.78, 5) is 17.2. The van der Waals surface area contributed by atoms with E-state index < -0.39 is 0 Å². The largest absolute Gasteiger partial charge is 0.496 e. The van der Waals surface area contributed by atoms with Crippen LogP contribution in [0, 0.1) is 0 Å². The van der Waals surface area contributed by atoms with Crippen molar-refractivity contribution in [3.63, 3.8) is 0 Å². The zero-order valence-electron chi connectivity index (χ0n) is 17.9. The molecule has 4 rings (SSSR count). The first-order chi connectivity index (χ1) is 14.4. The minimum Gasteiger partial charge on any atom is -0.496 e. The number of aromatic nitrogens is 3. The lowest BCUT2D eigenvalue weighted by atomic mass is 10.0. The highest BCUT2D eigenvalue weighted by Gasteiger charge is 2.22. The SMILES string of the molecule is COc1cc(-c2cn(C)c(=O)c3[nH]ncc23)cc(Cl)c1CN1CCN(C(C)C)CC1. The van der Waals surface area contributed by atoms with Gasteiger partial charge in [0.1, 0.15) is 11.3 Å². The molecule has 0 saturated carbocycles. The van der Waals surface area contributed by atoms with E-state index in [4.69, 9.17) is 16.3 Å². The van der Waals surface area contributed by atoms with Gasteiger partial charge >= 0.3 is 0 Å². The number of hydrogen-bond acceptors (Lipinski definition) is 5. The van der Waals surface area contributed by atoms with Crippen LogP contribution < -0.4 is 10.3 Å². The summed E-state index contributed by atoms with van der Waals surface area (Å²) in [5, 5.41) is 8.30. The van der Waals surface area contributed by atoms with Crippen LogP contribution in [0.3, 0.4) is 0 Å². The summed E-state index contributed by atoms with van der Waals surface area (Å²) in [5.41, 5.74) is 3.15. The van der Waals surface area contributed by atoms with Crippen molar-refractivity contribution in [1.82, 2.24) is 24.6 Å². The molecule has 1 aromatic carbocycles. The number of fused-ring (bicyclic) bond motifs is 1. The number of H-pyrrole nitrogens is 1. The van der Waals surface area contributed by atoms with Crippen LogP contribution in [0.25, 0.3) is 22.0 Å². The van der Waals surface area contributed by atoms with E-state index in [1.807, 2.05) is 18.3 Å². The Labute approximate surface area is 181 Å². The Kier molecular flexibility index (Phi) is 5.86. The van der Waals surface area contributed by atoms with Crippen molar-refractivity contribution in [1.29, 1.82) is 0 Å². The summed E-state index contributed by atoms with van der Waals surface area (Å²) in [7, 11) is 3.40. The van der Waals surface area contributed by atoms with E-state index in [1.165, 1.54) is 0 Å². The zero-order valence-corrected chi connectivity index (χ0v) is 18.7. The number of ether oxygens (including phenoxy) is 1. The highest BCUT2D eigenvalue weighted by Crippen LogP contribution is 2.36. The minimum absolute atomic E-state index is 0.110. The molecule has 3 aromatic rings. The second-order valence-corrected chi connectivity index (χ2v) is 8.57. The first kappa shape index (κ1) is 20.9. The van der Waals surface area contributed by atoms with E-state index in [-0.39, 0.29) is 5.56 Å². The van der Waals surface area contributed by atoms with Gasteiger partial charge in [0.05, 0.1) is 13.3 Å². The first-order valence-electron chi connectivity index (χ1n) is 10.2. The predicted molar refractivity (Wildman–Crippen MR) is 120 cm³/mol. The molecule has 1 aliphatic heterocycles. The maximum absolute atomic E-state index is 12.3. The fourth-order valence-electron chi connectivity index (χ4n) is 4.15. The number of nitrogens with zero attached hydrogens (tertiary/aromatic N) is 4. The molecule has 3 heterocycles. The Bertz CT molecular complexity index is 1110. The quantitative estimate of drug-likeness (QED) is 0.675. The third-order valence-corrected chi connectivity index (χ3v) is 6.33. The Hall–Kier alpha value is -2.35. The third-order valence-electron chi connectivity index (χ3n) is 5.99. The third kappa shape index (κ3) is 3.85. The maximum Gasteiger partial charge on any atom is 0.276 e. The Morgan fingerprint density at radius 2 is 1.97 bits per heavy atom. The number of benzene rings is 1. The van der Waals surface area contributed by atoms with Crippen molar-refractivity contribution in [2.24, 2.45) is 7.05 Å². The Morgan fingerprint density at radius 1 is 1.23 bits per heavy atom. The molecule has 30 heavy (non-hydrogen) atoms. The van der Waals surface area contributed by atoms with Gasteiger partial charge in [0, 0.05) is 73.5 Å². The van der Waals surface area contributed by atoms with Crippen LogP contribution in [-0.4, -0.2) is 63.9 Å². The predicted octanol–water partition coefficient (Wildman–Crippen LogP) is 3.12. The monoisotopic (exact) mass is 429 g/mol. The van der Waals surface area contributed by atoms with Crippen LogP contribution in [-0.2, 0) is 13.6 Å². The van der Waals surface area contributed by atoms with Crippen LogP contribution in [0.1, 0.15) is 19.4 Å². The van der Waals surface area contributed by atoms with Crippen molar-refractivity contribution in [2.45, 2.75) is 26.4 Å². The maximum atomic E-state index is 12.3. The molecule has 1 N–H and O–H groups in total. The van der Waals surface area contributed by atoms with Gasteiger partial charge in [-0.25, -0.2) is 0 Å². The van der Waals surface area contributed by atoms with Crippen molar-refractivity contribution in [3.8, 4) is 16.9 Å². The molecule has 8 heteroatoms. The second-order valence-electron chi connectivity index (χ2n) is 8.16. The number of aromatic amines is 1. The zero-order chi connectivity index (χ0) is 21.4. The lowest BCUT2D eigenvalue weighted by Crippen LogP contribution is -2.48. The lowest BCUT2D eigenvalue weighted by Gasteiger charge is -2.37. The molecular weight excluding hydrogens is 402 g/mol. The molecule has 0 spiro atoms. The first-order valence-corrected chi connectivity index (χ1v) is 10.6. The summed E-state index contributed by atoms with van der Waals surface area (Å²) in [6, 6.07) is 4.53. The molecule has 7 nitrogen and oxygen atoms in total. The smallest absolute Gasteiger partial charge is 0.276 e. The van der Waals surface area contributed by atoms with E-state index in [9.17, 15) is 4.79 Å². The van der Waals surface area contributed by atoms with E-state index in [1.54, 1.807) is 24.9 Å². The fourth-order valence-corrected chi connectivity index (χ4v) is 4.42. The number of piperazine rings is 1. The van der Waals surface area contributed by atoms with Crippen LogP contribution in [0.4, 0.5) is 0 Å². The minimum atomic E-state index is -0.110. The topological polar surface area (TPSA) is 66.4 Å². The summed E-state index contributed by atoms with van der Waals surface area (Å²) >= 11 is 6.75. The molecule has 2 aromatic heterocycles. The number of halogens is 1. The summed E-state index contributed by atoms with van der Waals surface area (Å²) in [6.45, 7) is 9.38. The van der Waals surface area contributed by atoms with Crippen molar-refractivity contribution in [3.05, 3.63) is 45.5 Å². The van der Waals surface area contributed by atoms with Gasteiger partial charge in [-0.05, 0) is 31.5 Å². The second kappa shape index (κ2) is 8.41. The Morgan fingerprint density at radius 3 is 2.63 bits per heavy atom. The van der Waals surface area contributed by atoms with E-state index in [0.717, 1.165) is 60.5 Å². The number of rotatable bonds is 5.